The lowest BCUT2D eigenvalue weighted by molar-refractivity contribution is -0.127. The van der Waals surface area contributed by atoms with Gasteiger partial charge in [0.05, 0.1) is 4.90 Å². The molecule has 8 heteroatoms. The Morgan fingerprint density at radius 1 is 1.08 bits per heavy atom. The van der Waals surface area contributed by atoms with Crippen molar-refractivity contribution in [1.29, 1.82) is 0 Å². The minimum atomic E-state index is -3.56. The highest BCUT2D eigenvalue weighted by Crippen LogP contribution is 2.26. The molecule has 0 radical (unpaired) electrons. The monoisotopic (exact) mass is 352 g/mol. The standard InChI is InChI=1S/C16H20N2O5S/c1-11-3-4-14(9-12(11)2)24(21,22)17-7-5-13(6-8-17)18-15(19)10-23-16(18)20/h3-4,9,13H,5-8,10H2,1-2H3. The van der Waals surface area contributed by atoms with E-state index in [0.717, 1.165) is 16.0 Å². The summed E-state index contributed by atoms with van der Waals surface area (Å²) >= 11 is 0. The molecule has 1 aromatic rings. The average molecular weight is 352 g/mol. The highest BCUT2D eigenvalue weighted by atomic mass is 32.2. The Bertz CT molecular complexity index is 766. The first-order chi connectivity index (χ1) is 11.3. The molecule has 7 nitrogen and oxygen atoms in total. The topological polar surface area (TPSA) is 84.0 Å². The van der Waals surface area contributed by atoms with Gasteiger partial charge in [0.2, 0.25) is 10.0 Å². The number of aryl methyl sites for hydroxylation is 2. The van der Waals surface area contributed by atoms with E-state index in [0.29, 0.717) is 12.8 Å². The Labute approximate surface area is 141 Å². The predicted molar refractivity (Wildman–Crippen MR) is 85.9 cm³/mol. The van der Waals surface area contributed by atoms with E-state index in [4.69, 9.17) is 4.74 Å². The molecule has 2 saturated heterocycles. The van der Waals surface area contributed by atoms with Gasteiger partial charge in [-0.1, -0.05) is 6.07 Å². The Morgan fingerprint density at radius 3 is 2.29 bits per heavy atom. The van der Waals surface area contributed by atoms with Crippen molar-refractivity contribution in [2.24, 2.45) is 0 Å². The molecule has 0 aliphatic carbocycles. The number of carbonyl (C=O) groups is 2. The van der Waals surface area contributed by atoms with E-state index < -0.39 is 16.1 Å². The van der Waals surface area contributed by atoms with Crippen LogP contribution in [0.3, 0.4) is 0 Å². The lowest BCUT2D eigenvalue weighted by Crippen LogP contribution is -2.48. The molecular formula is C16H20N2O5S. The number of nitrogens with zero attached hydrogens (tertiary/aromatic N) is 2. The van der Waals surface area contributed by atoms with Gasteiger partial charge >= 0.3 is 6.09 Å². The van der Waals surface area contributed by atoms with Crippen LogP contribution in [-0.2, 0) is 19.6 Å². The molecule has 0 aromatic heterocycles. The maximum atomic E-state index is 12.8. The molecule has 2 fully saturated rings. The van der Waals surface area contributed by atoms with Gasteiger partial charge in [0.1, 0.15) is 0 Å². The number of piperidine rings is 1. The van der Waals surface area contributed by atoms with Crippen LogP contribution in [-0.4, -0.2) is 55.4 Å². The van der Waals surface area contributed by atoms with Gasteiger partial charge in [-0.05, 0) is 49.9 Å². The molecule has 0 saturated carbocycles. The van der Waals surface area contributed by atoms with Crippen LogP contribution < -0.4 is 0 Å². The third-order valence-corrected chi connectivity index (χ3v) is 6.58. The third kappa shape index (κ3) is 2.91. The summed E-state index contributed by atoms with van der Waals surface area (Å²) in [7, 11) is -3.56. The number of cyclic esters (lactones) is 1. The Hall–Kier alpha value is -1.93. The van der Waals surface area contributed by atoms with E-state index in [9.17, 15) is 18.0 Å². The van der Waals surface area contributed by atoms with Crippen LogP contribution in [0.2, 0.25) is 0 Å². The predicted octanol–water partition coefficient (Wildman–Crippen LogP) is 1.44. The Morgan fingerprint density at radius 2 is 1.75 bits per heavy atom. The molecule has 2 heterocycles. The van der Waals surface area contributed by atoms with Gasteiger partial charge < -0.3 is 4.74 Å². The zero-order chi connectivity index (χ0) is 17.5. The summed E-state index contributed by atoms with van der Waals surface area (Å²) in [4.78, 5) is 24.7. The number of amides is 2. The van der Waals surface area contributed by atoms with Crippen LogP contribution >= 0.6 is 0 Å². The van der Waals surface area contributed by atoms with Gasteiger partial charge in [-0.2, -0.15) is 4.31 Å². The molecule has 0 bridgehead atoms. The van der Waals surface area contributed by atoms with Crippen molar-refractivity contribution in [3.63, 3.8) is 0 Å². The van der Waals surface area contributed by atoms with Crippen molar-refractivity contribution in [3.8, 4) is 0 Å². The van der Waals surface area contributed by atoms with Crippen LogP contribution in [0.25, 0.3) is 0 Å². The molecule has 0 spiro atoms. The second-order valence-electron chi connectivity index (χ2n) is 6.20. The molecule has 130 valence electrons. The maximum Gasteiger partial charge on any atom is 0.417 e. The van der Waals surface area contributed by atoms with Crippen LogP contribution in [0.4, 0.5) is 4.79 Å². The van der Waals surface area contributed by atoms with E-state index in [1.54, 1.807) is 18.2 Å². The molecule has 0 unspecified atom stereocenters. The average Bonchev–Trinajstić information content (AvgIpc) is 2.89. The second kappa shape index (κ2) is 6.18. The van der Waals surface area contributed by atoms with Gasteiger partial charge in [0, 0.05) is 19.1 Å². The van der Waals surface area contributed by atoms with Crippen molar-refractivity contribution in [2.75, 3.05) is 19.7 Å². The SMILES string of the molecule is Cc1ccc(S(=O)(=O)N2CCC(N3C(=O)COC3=O)CC2)cc1C. The summed E-state index contributed by atoms with van der Waals surface area (Å²) in [5, 5.41) is 0. The summed E-state index contributed by atoms with van der Waals surface area (Å²) in [6.45, 7) is 4.14. The highest BCUT2D eigenvalue weighted by molar-refractivity contribution is 7.89. The van der Waals surface area contributed by atoms with Crippen LogP contribution in [0.5, 0.6) is 0 Å². The van der Waals surface area contributed by atoms with E-state index in [1.807, 2.05) is 13.8 Å². The summed E-state index contributed by atoms with van der Waals surface area (Å²) in [6, 6.07) is 4.80. The fraction of sp³-hybridized carbons (Fsp3) is 0.500. The van der Waals surface area contributed by atoms with Crippen molar-refractivity contribution in [2.45, 2.75) is 37.6 Å². The zero-order valence-electron chi connectivity index (χ0n) is 13.7. The van der Waals surface area contributed by atoms with Crippen LogP contribution in [0, 0.1) is 13.8 Å². The smallest absolute Gasteiger partial charge is 0.417 e. The third-order valence-electron chi connectivity index (χ3n) is 4.69. The Kier molecular flexibility index (Phi) is 4.35. The first-order valence-electron chi connectivity index (χ1n) is 7.87. The molecule has 2 aliphatic heterocycles. The molecular weight excluding hydrogens is 332 g/mol. The molecule has 1 aromatic carbocycles. The molecule has 0 atom stereocenters. The lowest BCUT2D eigenvalue weighted by atomic mass is 10.1. The van der Waals surface area contributed by atoms with Crippen molar-refractivity contribution in [3.05, 3.63) is 29.3 Å². The molecule has 24 heavy (non-hydrogen) atoms. The molecule has 2 aliphatic rings. The number of sulfonamides is 1. The summed E-state index contributed by atoms with van der Waals surface area (Å²) in [5.74, 6) is -0.351. The molecule has 2 amide bonds. The second-order valence-corrected chi connectivity index (χ2v) is 8.14. The van der Waals surface area contributed by atoms with Crippen molar-refractivity contribution >= 4 is 22.0 Å². The minimum Gasteiger partial charge on any atom is -0.439 e. The van der Waals surface area contributed by atoms with Gasteiger partial charge in [-0.3, -0.25) is 4.79 Å². The van der Waals surface area contributed by atoms with Crippen LogP contribution in [0.15, 0.2) is 23.1 Å². The fourth-order valence-electron chi connectivity index (χ4n) is 3.08. The van der Waals surface area contributed by atoms with Crippen molar-refractivity contribution in [1.82, 2.24) is 9.21 Å². The minimum absolute atomic E-state index is 0.222. The first kappa shape index (κ1) is 16.9. The number of carbonyl (C=O) groups excluding carboxylic acids is 2. The maximum absolute atomic E-state index is 12.8. The van der Waals surface area contributed by atoms with E-state index >= 15 is 0 Å². The molecule has 0 N–H and O–H groups in total. The normalized spacial score (nSPS) is 20.5. The summed E-state index contributed by atoms with van der Waals surface area (Å²) < 4.78 is 31.7. The number of hydrogen-bond acceptors (Lipinski definition) is 5. The van der Waals surface area contributed by atoms with E-state index in [2.05, 4.69) is 0 Å². The number of rotatable bonds is 3. The van der Waals surface area contributed by atoms with Gasteiger partial charge in [-0.15, -0.1) is 0 Å². The Balaban J connectivity index is 1.72. The number of imide groups is 1. The fourth-order valence-corrected chi connectivity index (χ4v) is 4.64. The molecule has 3 rings (SSSR count). The number of ether oxygens (including phenoxy) is 1. The number of hydrogen-bond donors (Lipinski definition) is 0. The van der Waals surface area contributed by atoms with E-state index in [-0.39, 0.29) is 36.5 Å². The van der Waals surface area contributed by atoms with E-state index in [1.165, 1.54) is 4.31 Å². The highest BCUT2D eigenvalue weighted by Gasteiger charge is 2.40. The van der Waals surface area contributed by atoms with Gasteiger partial charge in [-0.25, -0.2) is 18.1 Å². The summed E-state index contributed by atoms with van der Waals surface area (Å²) in [6.07, 6.45) is 0.214. The van der Waals surface area contributed by atoms with Gasteiger partial charge in [0.15, 0.2) is 6.61 Å². The van der Waals surface area contributed by atoms with Crippen LogP contribution in [0.1, 0.15) is 24.0 Å². The van der Waals surface area contributed by atoms with Crippen molar-refractivity contribution < 1.29 is 22.7 Å². The number of benzene rings is 1. The quantitative estimate of drug-likeness (QED) is 0.822. The van der Waals surface area contributed by atoms with Gasteiger partial charge in [0.25, 0.3) is 5.91 Å². The first-order valence-corrected chi connectivity index (χ1v) is 9.31. The lowest BCUT2D eigenvalue weighted by Gasteiger charge is -2.34. The summed E-state index contributed by atoms with van der Waals surface area (Å²) in [5.41, 5.74) is 1.97. The zero-order valence-corrected chi connectivity index (χ0v) is 14.5. The largest absolute Gasteiger partial charge is 0.439 e.